The van der Waals surface area contributed by atoms with E-state index in [9.17, 15) is 9.59 Å². The van der Waals surface area contributed by atoms with Crippen LogP contribution in [0.3, 0.4) is 0 Å². The van der Waals surface area contributed by atoms with Crippen molar-refractivity contribution in [2.75, 3.05) is 0 Å². The van der Waals surface area contributed by atoms with Gasteiger partial charge in [0.1, 0.15) is 5.82 Å². The molecule has 0 aliphatic carbocycles. The summed E-state index contributed by atoms with van der Waals surface area (Å²) in [4.78, 5) is 31.2. The van der Waals surface area contributed by atoms with Gasteiger partial charge in [-0.2, -0.15) is 0 Å². The number of nitrogens with zero attached hydrogens (tertiary/aromatic N) is 7. The molecular weight excluding hydrogens is 468 g/mol. The molecule has 10 nitrogen and oxygen atoms in total. The number of benzene rings is 2. The lowest BCUT2D eigenvalue weighted by molar-refractivity contribution is 0.484. The molecule has 0 aliphatic heterocycles. The first-order valence-electron chi connectivity index (χ1n) is 12.4. The van der Waals surface area contributed by atoms with Gasteiger partial charge in [-0.1, -0.05) is 76.2 Å². The van der Waals surface area contributed by atoms with Crippen LogP contribution < -0.4 is 11.2 Å². The first kappa shape index (κ1) is 24.4. The molecule has 0 unspecified atom stereocenters. The summed E-state index contributed by atoms with van der Waals surface area (Å²) in [5, 5.41) is 14.3. The lowest BCUT2D eigenvalue weighted by atomic mass is 9.98. The molecule has 0 saturated heterocycles. The number of tetrazole rings is 1. The summed E-state index contributed by atoms with van der Waals surface area (Å²) in [6.45, 7) is 8.89. The maximum Gasteiger partial charge on any atom is 0.332 e. The zero-order valence-electron chi connectivity index (χ0n) is 21.6. The van der Waals surface area contributed by atoms with Crippen LogP contribution in [0.4, 0.5) is 0 Å². The number of hydrogen-bond acceptors (Lipinski definition) is 6. The van der Waals surface area contributed by atoms with Crippen LogP contribution in [0.5, 0.6) is 0 Å². The third kappa shape index (κ3) is 4.39. The van der Waals surface area contributed by atoms with Gasteiger partial charge >= 0.3 is 5.69 Å². The average Bonchev–Trinajstić information content (AvgIpc) is 3.55. The van der Waals surface area contributed by atoms with Crippen molar-refractivity contribution in [3.63, 3.8) is 0 Å². The van der Waals surface area contributed by atoms with Crippen LogP contribution in [-0.2, 0) is 20.1 Å². The summed E-state index contributed by atoms with van der Waals surface area (Å²) < 4.78 is 4.77. The van der Waals surface area contributed by atoms with Crippen LogP contribution in [0, 0.1) is 5.92 Å². The quantitative estimate of drug-likeness (QED) is 0.367. The fraction of sp³-hybridized carbons (Fsp3) is 0.333. The molecule has 2 aromatic carbocycles. The maximum atomic E-state index is 13.5. The van der Waals surface area contributed by atoms with Crippen molar-refractivity contribution < 1.29 is 0 Å². The Bertz CT molecular complexity index is 1670. The minimum atomic E-state index is -0.337. The van der Waals surface area contributed by atoms with Gasteiger partial charge in [0.2, 0.25) is 0 Å². The standard InChI is InChI=1S/C27H30N8O2/c1-16(2)14-35-26(36)22-25(33(5)27(35)37)28-24(17(3)4)34(22)15-18-10-12-19(13-11-18)20-8-6-7-9-21(20)23-29-31-32-30-23/h6-13,16-17H,14-15H2,1-5H3,(H,29,30,31,32). The Morgan fingerprint density at radius 3 is 2.24 bits per heavy atom. The predicted molar refractivity (Wildman–Crippen MR) is 142 cm³/mol. The van der Waals surface area contributed by atoms with Crippen LogP contribution in [0.25, 0.3) is 33.7 Å². The highest BCUT2D eigenvalue weighted by molar-refractivity contribution is 5.80. The minimum Gasteiger partial charge on any atom is -0.317 e. The third-order valence-electron chi connectivity index (χ3n) is 6.46. The summed E-state index contributed by atoms with van der Waals surface area (Å²) >= 11 is 0. The van der Waals surface area contributed by atoms with E-state index in [0.29, 0.717) is 30.1 Å². The van der Waals surface area contributed by atoms with Crippen molar-refractivity contribution in [3.05, 3.63) is 80.8 Å². The van der Waals surface area contributed by atoms with Crippen LogP contribution in [0.2, 0.25) is 0 Å². The number of fused-ring (bicyclic) bond motifs is 1. The molecule has 37 heavy (non-hydrogen) atoms. The van der Waals surface area contributed by atoms with E-state index < -0.39 is 0 Å². The zero-order chi connectivity index (χ0) is 26.3. The van der Waals surface area contributed by atoms with E-state index in [1.807, 2.05) is 56.5 Å². The highest BCUT2D eigenvalue weighted by Gasteiger charge is 2.22. The van der Waals surface area contributed by atoms with E-state index in [0.717, 1.165) is 28.1 Å². The van der Waals surface area contributed by atoms with E-state index >= 15 is 0 Å². The molecule has 3 aromatic heterocycles. The Morgan fingerprint density at radius 1 is 0.919 bits per heavy atom. The topological polar surface area (TPSA) is 116 Å². The number of nitrogens with one attached hydrogen (secondary N) is 1. The van der Waals surface area contributed by atoms with Gasteiger partial charge < -0.3 is 4.57 Å². The second kappa shape index (κ2) is 9.61. The van der Waals surface area contributed by atoms with E-state index in [2.05, 4.69) is 44.9 Å². The molecule has 0 bridgehead atoms. The first-order chi connectivity index (χ1) is 17.8. The average molecular weight is 499 g/mol. The lowest BCUT2D eigenvalue weighted by Gasteiger charge is -2.14. The fourth-order valence-electron chi connectivity index (χ4n) is 4.70. The van der Waals surface area contributed by atoms with Crippen molar-refractivity contribution in [1.82, 2.24) is 39.3 Å². The Hall–Kier alpha value is -4.34. The number of H-pyrrole nitrogens is 1. The largest absolute Gasteiger partial charge is 0.332 e. The zero-order valence-corrected chi connectivity index (χ0v) is 21.6. The number of aryl methyl sites for hydroxylation is 1. The molecule has 1 N–H and O–H groups in total. The molecule has 0 saturated carbocycles. The predicted octanol–water partition coefficient (Wildman–Crippen LogP) is 3.57. The number of aromatic nitrogens is 8. The molecule has 0 aliphatic rings. The van der Waals surface area contributed by atoms with Crippen LogP contribution >= 0.6 is 0 Å². The van der Waals surface area contributed by atoms with Gasteiger partial charge in [-0.15, -0.1) is 5.10 Å². The van der Waals surface area contributed by atoms with Crippen molar-refractivity contribution >= 4 is 11.2 Å². The van der Waals surface area contributed by atoms with Crippen molar-refractivity contribution in [2.24, 2.45) is 13.0 Å². The molecule has 0 radical (unpaired) electrons. The summed E-state index contributed by atoms with van der Waals surface area (Å²) in [5.41, 5.74) is 4.21. The highest BCUT2D eigenvalue weighted by Crippen LogP contribution is 2.30. The molecule has 3 heterocycles. The number of hydrogen-bond donors (Lipinski definition) is 1. The van der Waals surface area contributed by atoms with E-state index in [-0.39, 0.29) is 23.1 Å². The van der Waals surface area contributed by atoms with Gasteiger partial charge in [0, 0.05) is 31.6 Å². The minimum absolute atomic E-state index is 0.0714. The van der Waals surface area contributed by atoms with E-state index in [4.69, 9.17) is 4.98 Å². The van der Waals surface area contributed by atoms with Gasteiger partial charge in [-0.3, -0.25) is 13.9 Å². The number of rotatable bonds is 7. The van der Waals surface area contributed by atoms with Gasteiger partial charge in [-0.25, -0.2) is 14.9 Å². The third-order valence-corrected chi connectivity index (χ3v) is 6.46. The smallest absolute Gasteiger partial charge is 0.317 e. The fourth-order valence-corrected chi connectivity index (χ4v) is 4.70. The summed E-state index contributed by atoms with van der Waals surface area (Å²) in [5.74, 6) is 1.61. The number of aromatic amines is 1. The molecule has 5 rings (SSSR count). The Morgan fingerprint density at radius 2 is 1.62 bits per heavy atom. The Labute approximate surface area is 213 Å². The Balaban J connectivity index is 1.58. The summed E-state index contributed by atoms with van der Waals surface area (Å²) in [7, 11) is 1.68. The monoisotopic (exact) mass is 498 g/mol. The summed E-state index contributed by atoms with van der Waals surface area (Å²) in [6, 6.07) is 16.2. The highest BCUT2D eigenvalue weighted by atomic mass is 16.2. The molecule has 0 atom stereocenters. The van der Waals surface area contributed by atoms with Crippen molar-refractivity contribution in [2.45, 2.75) is 46.7 Å². The summed E-state index contributed by atoms with van der Waals surface area (Å²) in [6.07, 6.45) is 0. The van der Waals surface area contributed by atoms with Gasteiger partial charge in [0.05, 0.1) is 0 Å². The molecule has 0 spiro atoms. The first-order valence-corrected chi connectivity index (χ1v) is 12.4. The van der Waals surface area contributed by atoms with Gasteiger partial charge in [-0.05, 0) is 33.0 Å². The molecule has 5 aromatic rings. The lowest BCUT2D eigenvalue weighted by Crippen LogP contribution is -2.40. The molecule has 10 heteroatoms. The van der Waals surface area contributed by atoms with Gasteiger partial charge in [0.25, 0.3) is 5.56 Å². The van der Waals surface area contributed by atoms with Crippen LogP contribution in [0.1, 0.15) is 45.0 Å². The van der Waals surface area contributed by atoms with Gasteiger partial charge in [0.15, 0.2) is 17.0 Å². The molecule has 0 amide bonds. The number of imidazole rings is 1. The molecule has 0 fully saturated rings. The molecular formula is C27H30N8O2. The second-order valence-electron chi connectivity index (χ2n) is 10.0. The molecule has 190 valence electrons. The Kier molecular flexibility index (Phi) is 6.32. The van der Waals surface area contributed by atoms with Crippen LogP contribution in [0.15, 0.2) is 58.1 Å². The second-order valence-corrected chi connectivity index (χ2v) is 10.0. The normalized spacial score (nSPS) is 11.8. The van der Waals surface area contributed by atoms with Crippen molar-refractivity contribution in [1.29, 1.82) is 0 Å². The van der Waals surface area contributed by atoms with E-state index in [1.54, 1.807) is 7.05 Å². The van der Waals surface area contributed by atoms with Crippen molar-refractivity contribution in [3.8, 4) is 22.5 Å². The van der Waals surface area contributed by atoms with E-state index in [1.165, 1.54) is 9.13 Å². The van der Waals surface area contributed by atoms with Crippen LogP contribution in [-0.4, -0.2) is 39.3 Å². The maximum absolute atomic E-state index is 13.5. The SMILES string of the molecule is CC(C)Cn1c(=O)c2c(nc(C(C)C)n2Cc2ccc(-c3ccccc3-c3nnn[nH]3)cc2)n(C)c1=O.